The first-order chi connectivity index (χ1) is 15.0. The molecule has 3 aromatic rings. The van der Waals surface area contributed by atoms with Gasteiger partial charge in [0.25, 0.3) is 0 Å². The predicted octanol–water partition coefficient (Wildman–Crippen LogP) is 7.92. The van der Waals surface area contributed by atoms with E-state index >= 15 is 0 Å². The second-order valence-electron chi connectivity index (χ2n) is 8.49. The highest BCUT2D eigenvalue weighted by atomic mass is 19.2. The largest absolute Gasteiger partial charge is 0.207 e. The van der Waals surface area contributed by atoms with Crippen LogP contribution in [0.2, 0.25) is 0 Å². The minimum absolute atomic E-state index is 0.115. The van der Waals surface area contributed by atoms with E-state index in [9.17, 15) is 17.6 Å². The summed E-state index contributed by atoms with van der Waals surface area (Å²) in [5, 5.41) is 0. The van der Waals surface area contributed by atoms with Crippen LogP contribution < -0.4 is 0 Å². The Balaban J connectivity index is 1.52. The summed E-state index contributed by atoms with van der Waals surface area (Å²) in [6.45, 7) is 2.16. The summed E-state index contributed by atoms with van der Waals surface area (Å²) in [7, 11) is 0. The van der Waals surface area contributed by atoms with Crippen molar-refractivity contribution in [3.05, 3.63) is 94.1 Å². The molecule has 1 atom stereocenters. The third kappa shape index (κ3) is 4.68. The van der Waals surface area contributed by atoms with E-state index in [1.54, 1.807) is 12.1 Å². The average Bonchev–Trinajstić information content (AvgIpc) is 2.77. The number of rotatable bonds is 6. The summed E-state index contributed by atoms with van der Waals surface area (Å²) in [6.07, 6.45) is 6.60. The molecule has 162 valence electrons. The monoisotopic (exact) mass is 426 g/mol. The molecule has 0 aromatic heterocycles. The lowest BCUT2D eigenvalue weighted by Gasteiger charge is -2.26. The summed E-state index contributed by atoms with van der Waals surface area (Å²) in [4.78, 5) is 0. The molecular formula is C27H26F4. The summed E-state index contributed by atoms with van der Waals surface area (Å²) in [6, 6.07) is 13.3. The molecular weight excluding hydrogens is 400 g/mol. The molecule has 0 fully saturated rings. The van der Waals surface area contributed by atoms with Crippen LogP contribution in [0.4, 0.5) is 17.6 Å². The standard InChI is InChI=1S/C27H26F4/c1-2-3-4-5-17-6-11-23(24(28)12-17)21-10-9-18-13-20(8-7-19(18)14-21)22-15-25(29)27(31)26(30)16-22/h6-8,11-13,15-16,21H,2-5,9-10,14H2,1H3. The van der Waals surface area contributed by atoms with Gasteiger partial charge in [0.15, 0.2) is 17.5 Å². The third-order valence-corrected chi connectivity index (χ3v) is 6.33. The van der Waals surface area contributed by atoms with Crippen LogP contribution in [0.3, 0.4) is 0 Å². The molecule has 0 nitrogen and oxygen atoms in total. The van der Waals surface area contributed by atoms with Crippen LogP contribution in [0.25, 0.3) is 11.1 Å². The maximum Gasteiger partial charge on any atom is 0.194 e. The highest BCUT2D eigenvalue weighted by Gasteiger charge is 2.23. The van der Waals surface area contributed by atoms with Gasteiger partial charge >= 0.3 is 0 Å². The Morgan fingerprint density at radius 1 is 0.774 bits per heavy atom. The van der Waals surface area contributed by atoms with Crippen molar-refractivity contribution in [1.82, 2.24) is 0 Å². The van der Waals surface area contributed by atoms with Crippen molar-refractivity contribution < 1.29 is 17.6 Å². The number of unbranched alkanes of at least 4 members (excludes halogenated alkanes) is 2. The van der Waals surface area contributed by atoms with Gasteiger partial charge in [0, 0.05) is 0 Å². The van der Waals surface area contributed by atoms with Gasteiger partial charge in [0.05, 0.1) is 0 Å². The van der Waals surface area contributed by atoms with Crippen molar-refractivity contribution in [3.8, 4) is 11.1 Å². The van der Waals surface area contributed by atoms with Crippen LogP contribution in [0.15, 0.2) is 48.5 Å². The Morgan fingerprint density at radius 3 is 2.26 bits per heavy atom. The van der Waals surface area contributed by atoms with Gasteiger partial charge in [-0.1, -0.05) is 50.1 Å². The molecule has 4 heteroatoms. The quantitative estimate of drug-likeness (QED) is 0.213. The number of benzene rings is 3. The highest BCUT2D eigenvalue weighted by Crippen LogP contribution is 2.36. The maximum absolute atomic E-state index is 14.8. The van der Waals surface area contributed by atoms with Gasteiger partial charge in [-0.3, -0.25) is 0 Å². The zero-order chi connectivity index (χ0) is 22.0. The van der Waals surface area contributed by atoms with Gasteiger partial charge in [-0.15, -0.1) is 0 Å². The van der Waals surface area contributed by atoms with E-state index < -0.39 is 17.5 Å². The Hall–Kier alpha value is -2.62. The number of aryl methyl sites for hydroxylation is 2. The molecule has 0 spiro atoms. The molecule has 1 unspecified atom stereocenters. The first-order valence-electron chi connectivity index (χ1n) is 11.0. The van der Waals surface area contributed by atoms with E-state index in [1.165, 1.54) is 0 Å². The Labute approximate surface area is 180 Å². The first-order valence-corrected chi connectivity index (χ1v) is 11.0. The first kappa shape index (κ1) is 21.6. The third-order valence-electron chi connectivity index (χ3n) is 6.33. The molecule has 0 saturated carbocycles. The smallest absolute Gasteiger partial charge is 0.194 e. The van der Waals surface area contributed by atoms with E-state index in [1.807, 2.05) is 24.3 Å². The average molecular weight is 426 g/mol. The minimum atomic E-state index is -1.46. The fraction of sp³-hybridized carbons (Fsp3) is 0.333. The Kier molecular flexibility index (Phi) is 6.45. The number of hydrogen-bond acceptors (Lipinski definition) is 0. The van der Waals surface area contributed by atoms with Crippen LogP contribution in [-0.2, 0) is 19.3 Å². The van der Waals surface area contributed by atoms with Gasteiger partial charge in [0.2, 0.25) is 0 Å². The molecule has 4 rings (SSSR count). The molecule has 0 saturated heterocycles. The minimum Gasteiger partial charge on any atom is -0.207 e. The maximum atomic E-state index is 14.8. The molecule has 0 radical (unpaired) electrons. The molecule has 3 aromatic carbocycles. The van der Waals surface area contributed by atoms with E-state index in [0.29, 0.717) is 11.1 Å². The van der Waals surface area contributed by atoms with Crippen molar-refractivity contribution in [2.45, 2.75) is 57.8 Å². The van der Waals surface area contributed by atoms with Crippen LogP contribution in [0.1, 0.15) is 60.8 Å². The summed E-state index contributed by atoms with van der Waals surface area (Å²) < 4.78 is 55.3. The van der Waals surface area contributed by atoms with Gasteiger partial charge in [-0.2, -0.15) is 0 Å². The Bertz CT molecular complexity index is 1060. The van der Waals surface area contributed by atoms with Crippen molar-refractivity contribution >= 4 is 0 Å². The molecule has 1 aliphatic carbocycles. The van der Waals surface area contributed by atoms with E-state index in [-0.39, 0.29) is 11.7 Å². The van der Waals surface area contributed by atoms with Crippen molar-refractivity contribution in [1.29, 1.82) is 0 Å². The van der Waals surface area contributed by atoms with Gasteiger partial charge in [-0.25, -0.2) is 17.6 Å². The molecule has 31 heavy (non-hydrogen) atoms. The SMILES string of the molecule is CCCCCc1ccc(C2CCc3cc(-c4cc(F)c(F)c(F)c4)ccc3C2)c(F)c1. The second-order valence-corrected chi connectivity index (χ2v) is 8.49. The molecule has 0 amide bonds. The van der Waals surface area contributed by atoms with Crippen LogP contribution in [0, 0.1) is 23.3 Å². The van der Waals surface area contributed by atoms with Crippen molar-refractivity contribution in [3.63, 3.8) is 0 Å². The van der Waals surface area contributed by atoms with Gasteiger partial charge < -0.3 is 0 Å². The predicted molar refractivity (Wildman–Crippen MR) is 116 cm³/mol. The lowest BCUT2D eigenvalue weighted by molar-refractivity contribution is 0.447. The van der Waals surface area contributed by atoms with E-state index in [4.69, 9.17) is 0 Å². The summed E-state index contributed by atoms with van der Waals surface area (Å²) >= 11 is 0. The normalized spacial score (nSPS) is 15.7. The number of hydrogen-bond donors (Lipinski definition) is 0. The molecule has 0 heterocycles. The Morgan fingerprint density at radius 2 is 1.55 bits per heavy atom. The molecule has 0 aliphatic heterocycles. The van der Waals surface area contributed by atoms with Crippen LogP contribution in [-0.4, -0.2) is 0 Å². The number of halogens is 4. The lowest BCUT2D eigenvalue weighted by Crippen LogP contribution is -2.14. The zero-order valence-electron chi connectivity index (χ0n) is 17.7. The van der Waals surface area contributed by atoms with Crippen LogP contribution >= 0.6 is 0 Å². The van der Waals surface area contributed by atoms with Crippen molar-refractivity contribution in [2.24, 2.45) is 0 Å². The van der Waals surface area contributed by atoms with Crippen LogP contribution in [0.5, 0.6) is 0 Å². The highest BCUT2D eigenvalue weighted by molar-refractivity contribution is 5.65. The van der Waals surface area contributed by atoms with Gasteiger partial charge in [-0.05, 0) is 89.6 Å². The van der Waals surface area contributed by atoms with Gasteiger partial charge in [0.1, 0.15) is 5.82 Å². The molecule has 0 N–H and O–H groups in total. The topological polar surface area (TPSA) is 0 Å². The zero-order valence-corrected chi connectivity index (χ0v) is 17.7. The molecule has 1 aliphatic rings. The van der Waals surface area contributed by atoms with E-state index in [2.05, 4.69) is 6.92 Å². The van der Waals surface area contributed by atoms with E-state index in [0.717, 1.165) is 79.3 Å². The second kappa shape index (κ2) is 9.25. The fourth-order valence-corrected chi connectivity index (χ4v) is 4.56. The van der Waals surface area contributed by atoms with Crippen molar-refractivity contribution in [2.75, 3.05) is 0 Å². The fourth-order valence-electron chi connectivity index (χ4n) is 4.56. The summed E-state index contributed by atoms with van der Waals surface area (Å²) in [5.74, 6) is -3.86. The number of fused-ring (bicyclic) bond motifs is 1. The summed E-state index contributed by atoms with van der Waals surface area (Å²) in [5.41, 5.74) is 4.99. The lowest BCUT2D eigenvalue weighted by atomic mass is 9.79. The molecule has 0 bridgehead atoms.